The fraction of sp³-hybridized carbons (Fsp3) is 0.583. The minimum Gasteiger partial charge on any atom is -0.480 e. The van der Waals surface area contributed by atoms with Gasteiger partial charge in [0.1, 0.15) is 6.04 Å². The van der Waals surface area contributed by atoms with Crippen LogP contribution in [0.25, 0.3) is 0 Å². The van der Waals surface area contributed by atoms with Crippen molar-refractivity contribution in [3.63, 3.8) is 0 Å². The second kappa shape index (κ2) is 6.77. The molecular formula is C12H19N3O4. The van der Waals surface area contributed by atoms with Gasteiger partial charge in [0.05, 0.1) is 0 Å². The maximum Gasteiger partial charge on any atom is 0.326 e. The van der Waals surface area contributed by atoms with Crippen LogP contribution in [0.4, 0.5) is 4.79 Å². The summed E-state index contributed by atoms with van der Waals surface area (Å²) >= 11 is 0. The minimum absolute atomic E-state index is 0.0496. The number of hydrogen-bond acceptors (Lipinski definition) is 3. The first-order valence-corrected chi connectivity index (χ1v) is 6.08. The van der Waals surface area contributed by atoms with Gasteiger partial charge in [-0.15, -0.1) is 6.58 Å². The predicted molar refractivity (Wildman–Crippen MR) is 68.6 cm³/mol. The number of rotatable bonds is 5. The van der Waals surface area contributed by atoms with Crippen molar-refractivity contribution in [2.24, 2.45) is 0 Å². The van der Waals surface area contributed by atoms with Gasteiger partial charge >= 0.3 is 12.0 Å². The maximum absolute atomic E-state index is 11.7. The number of carboxylic acids is 1. The molecule has 1 fully saturated rings. The molecule has 0 spiro atoms. The Morgan fingerprint density at radius 3 is 2.84 bits per heavy atom. The summed E-state index contributed by atoms with van der Waals surface area (Å²) in [5, 5.41) is 13.9. The van der Waals surface area contributed by atoms with E-state index >= 15 is 0 Å². The molecule has 2 unspecified atom stereocenters. The van der Waals surface area contributed by atoms with Gasteiger partial charge < -0.3 is 20.6 Å². The number of carboxylic acid groups (broad SMARTS) is 1. The Hall–Kier alpha value is -2.05. The summed E-state index contributed by atoms with van der Waals surface area (Å²) in [5.74, 6) is -1.06. The van der Waals surface area contributed by atoms with Crippen LogP contribution in [0, 0.1) is 0 Å². The smallest absolute Gasteiger partial charge is 0.326 e. The van der Waals surface area contributed by atoms with Crippen LogP contribution in [-0.4, -0.2) is 53.6 Å². The Labute approximate surface area is 111 Å². The lowest BCUT2D eigenvalue weighted by molar-refractivity contribution is -0.139. The zero-order chi connectivity index (χ0) is 14.4. The van der Waals surface area contributed by atoms with Crippen LogP contribution in [0.2, 0.25) is 0 Å². The molecule has 2 atom stereocenters. The third-order valence-electron chi connectivity index (χ3n) is 2.97. The van der Waals surface area contributed by atoms with E-state index in [1.165, 1.54) is 6.08 Å². The van der Waals surface area contributed by atoms with Crippen LogP contribution >= 0.6 is 0 Å². The highest BCUT2D eigenvalue weighted by Gasteiger charge is 2.25. The number of carbonyl (C=O) groups is 3. The van der Waals surface area contributed by atoms with E-state index in [1.807, 2.05) is 0 Å². The Morgan fingerprint density at radius 1 is 1.63 bits per heavy atom. The summed E-state index contributed by atoms with van der Waals surface area (Å²) in [5.41, 5.74) is 0. The van der Waals surface area contributed by atoms with Gasteiger partial charge in [0, 0.05) is 26.1 Å². The van der Waals surface area contributed by atoms with Crippen molar-refractivity contribution < 1.29 is 19.5 Å². The van der Waals surface area contributed by atoms with E-state index in [0.717, 1.165) is 0 Å². The zero-order valence-electron chi connectivity index (χ0n) is 10.9. The molecule has 1 aliphatic rings. The number of likely N-dealkylation sites (N-methyl/N-ethyl adjacent to an activating group) is 1. The third kappa shape index (κ3) is 4.61. The maximum atomic E-state index is 11.7. The van der Waals surface area contributed by atoms with Crippen LogP contribution in [-0.2, 0) is 9.59 Å². The highest BCUT2D eigenvalue weighted by Crippen LogP contribution is 2.09. The Morgan fingerprint density at radius 2 is 2.32 bits per heavy atom. The lowest BCUT2D eigenvalue weighted by Crippen LogP contribution is -2.53. The highest BCUT2D eigenvalue weighted by atomic mass is 16.4. The lowest BCUT2D eigenvalue weighted by Gasteiger charge is -2.30. The highest BCUT2D eigenvalue weighted by molar-refractivity contribution is 5.83. The fourth-order valence-electron chi connectivity index (χ4n) is 1.90. The summed E-state index contributed by atoms with van der Waals surface area (Å²) in [6.07, 6.45) is 2.55. The summed E-state index contributed by atoms with van der Waals surface area (Å²) in [7, 11) is 1.67. The number of carbonyl (C=O) groups excluding carboxylic acids is 2. The van der Waals surface area contributed by atoms with E-state index in [-0.39, 0.29) is 18.4 Å². The van der Waals surface area contributed by atoms with E-state index in [1.54, 1.807) is 11.9 Å². The average molecular weight is 269 g/mol. The molecule has 106 valence electrons. The number of piperidine rings is 1. The summed E-state index contributed by atoms with van der Waals surface area (Å²) in [6, 6.07) is -1.68. The first kappa shape index (κ1) is 15.0. The zero-order valence-corrected chi connectivity index (χ0v) is 10.9. The molecule has 0 aromatic rings. The van der Waals surface area contributed by atoms with Gasteiger partial charge in [-0.25, -0.2) is 9.59 Å². The monoisotopic (exact) mass is 269 g/mol. The SMILES string of the molecule is C=CCC(NC(=O)NC1CCC(=O)N(C)C1)C(=O)O. The summed E-state index contributed by atoms with van der Waals surface area (Å²) in [6.45, 7) is 3.88. The minimum atomic E-state index is -1.11. The second-order valence-corrected chi connectivity index (χ2v) is 4.54. The van der Waals surface area contributed by atoms with Crippen molar-refractivity contribution in [1.82, 2.24) is 15.5 Å². The van der Waals surface area contributed by atoms with E-state index in [9.17, 15) is 14.4 Å². The number of likely N-dealkylation sites (tertiary alicyclic amines) is 1. The molecule has 1 saturated heterocycles. The van der Waals surface area contributed by atoms with Gasteiger partial charge in [-0.05, 0) is 12.8 Å². The molecule has 0 aliphatic carbocycles. The number of urea groups is 1. The fourth-order valence-corrected chi connectivity index (χ4v) is 1.90. The number of amides is 3. The van der Waals surface area contributed by atoms with Crippen molar-refractivity contribution in [1.29, 1.82) is 0 Å². The van der Waals surface area contributed by atoms with E-state index in [2.05, 4.69) is 17.2 Å². The molecule has 0 saturated carbocycles. The van der Waals surface area contributed by atoms with Crippen molar-refractivity contribution in [3.05, 3.63) is 12.7 Å². The molecule has 1 rings (SSSR count). The van der Waals surface area contributed by atoms with Crippen molar-refractivity contribution in [2.75, 3.05) is 13.6 Å². The first-order valence-electron chi connectivity index (χ1n) is 6.08. The molecule has 0 aromatic heterocycles. The molecular weight excluding hydrogens is 250 g/mol. The van der Waals surface area contributed by atoms with Gasteiger partial charge in [0.2, 0.25) is 5.91 Å². The second-order valence-electron chi connectivity index (χ2n) is 4.54. The van der Waals surface area contributed by atoms with Crippen LogP contribution in [0.5, 0.6) is 0 Å². The quantitative estimate of drug-likeness (QED) is 0.609. The van der Waals surface area contributed by atoms with E-state index in [0.29, 0.717) is 19.4 Å². The van der Waals surface area contributed by atoms with Crippen molar-refractivity contribution in [3.8, 4) is 0 Å². The number of nitrogens with one attached hydrogen (secondary N) is 2. The van der Waals surface area contributed by atoms with Crippen molar-refractivity contribution in [2.45, 2.75) is 31.3 Å². The molecule has 19 heavy (non-hydrogen) atoms. The molecule has 0 radical (unpaired) electrons. The summed E-state index contributed by atoms with van der Waals surface area (Å²) in [4.78, 5) is 35.4. The van der Waals surface area contributed by atoms with Gasteiger partial charge in [-0.1, -0.05) is 6.08 Å². The Balaban J connectivity index is 2.44. The molecule has 3 amide bonds. The van der Waals surface area contributed by atoms with Crippen molar-refractivity contribution >= 4 is 17.9 Å². The number of nitrogens with zero attached hydrogens (tertiary/aromatic N) is 1. The average Bonchev–Trinajstić information content (AvgIpc) is 2.33. The Bertz CT molecular complexity index is 383. The van der Waals surface area contributed by atoms with E-state index in [4.69, 9.17) is 5.11 Å². The van der Waals surface area contributed by atoms with Crippen LogP contribution in [0.3, 0.4) is 0 Å². The first-order chi connectivity index (χ1) is 8.93. The molecule has 1 aliphatic heterocycles. The molecule has 1 heterocycles. The van der Waals surface area contributed by atoms with E-state index < -0.39 is 18.0 Å². The molecule has 0 aromatic carbocycles. The normalized spacial score (nSPS) is 20.6. The lowest BCUT2D eigenvalue weighted by atomic mass is 10.1. The van der Waals surface area contributed by atoms with Gasteiger partial charge in [0.25, 0.3) is 0 Å². The number of hydrogen-bond donors (Lipinski definition) is 3. The topological polar surface area (TPSA) is 98.7 Å². The van der Waals surface area contributed by atoms with Gasteiger partial charge in [0.15, 0.2) is 0 Å². The van der Waals surface area contributed by atoms with Crippen LogP contribution in [0.1, 0.15) is 19.3 Å². The number of aliphatic carboxylic acids is 1. The van der Waals surface area contributed by atoms with Gasteiger partial charge in [-0.3, -0.25) is 4.79 Å². The molecule has 0 bridgehead atoms. The molecule has 3 N–H and O–H groups in total. The standard InChI is InChI=1S/C12H19N3O4/c1-3-4-9(11(17)18)14-12(19)13-8-5-6-10(16)15(2)7-8/h3,8-9H,1,4-7H2,2H3,(H,17,18)(H2,13,14,19). The summed E-state index contributed by atoms with van der Waals surface area (Å²) < 4.78 is 0. The third-order valence-corrected chi connectivity index (χ3v) is 2.97. The van der Waals surface area contributed by atoms with Crippen LogP contribution < -0.4 is 10.6 Å². The molecule has 7 nitrogen and oxygen atoms in total. The van der Waals surface area contributed by atoms with Crippen LogP contribution in [0.15, 0.2) is 12.7 Å². The predicted octanol–water partition coefficient (Wildman–Crippen LogP) is -0.0643. The Kier molecular flexibility index (Phi) is 5.35. The molecule has 7 heteroatoms. The largest absolute Gasteiger partial charge is 0.480 e. The van der Waals surface area contributed by atoms with Gasteiger partial charge in [-0.2, -0.15) is 0 Å².